The van der Waals surface area contributed by atoms with Crippen LogP contribution >= 0.6 is 0 Å². The predicted octanol–water partition coefficient (Wildman–Crippen LogP) is 4.92. The maximum absolute atomic E-state index is 12.9. The molecule has 1 aliphatic heterocycles. The summed E-state index contributed by atoms with van der Waals surface area (Å²) in [5, 5.41) is 3.12. The summed E-state index contributed by atoms with van der Waals surface area (Å²) in [4.78, 5) is 24.4. The first-order valence-corrected chi connectivity index (χ1v) is 10.5. The van der Waals surface area contributed by atoms with Gasteiger partial charge in [0, 0.05) is 30.5 Å². The van der Waals surface area contributed by atoms with Gasteiger partial charge >= 0.3 is 0 Å². The largest absolute Gasteiger partial charge is 0.356 e. The van der Waals surface area contributed by atoms with Gasteiger partial charge in [0.05, 0.1) is 5.92 Å². The first kappa shape index (κ1) is 20.1. The molecule has 0 unspecified atom stereocenters. The van der Waals surface area contributed by atoms with Crippen LogP contribution in [0.25, 0.3) is 11.4 Å². The van der Waals surface area contributed by atoms with E-state index >= 15 is 0 Å². The fraction of sp³-hybridized carbons (Fsp3) is 0.320. The Morgan fingerprint density at radius 3 is 2.57 bits per heavy atom. The fourth-order valence-electron chi connectivity index (χ4n) is 3.95. The molecule has 0 radical (unpaired) electrons. The van der Waals surface area contributed by atoms with Crippen LogP contribution in [0.1, 0.15) is 29.5 Å². The lowest BCUT2D eigenvalue weighted by Crippen LogP contribution is -2.41. The van der Waals surface area contributed by atoms with Crippen LogP contribution in [0.2, 0.25) is 0 Å². The molecule has 2 aromatic carbocycles. The lowest BCUT2D eigenvalue weighted by atomic mass is 9.96. The lowest BCUT2D eigenvalue weighted by molar-refractivity contribution is -0.120. The molecule has 3 aromatic rings. The van der Waals surface area contributed by atoms with Crippen molar-refractivity contribution < 1.29 is 4.79 Å². The number of hydrogen-bond acceptors (Lipinski definition) is 4. The summed E-state index contributed by atoms with van der Waals surface area (Å²) < 4.78 is 0. The summed E-state index contributed by atoms with van der Waals surface area (Å²) >= 11 is 0. The van der Waals surface area contributed by atoms with Crippen LogP contribution in [-0.4, -0.2) is 29.0 Å². The Morgan fingerprint density at radius 2 is 1.80 bits per heavy atom. The maximum Gasteiger partial charge on any atom is 0.229 e. The Morgan fingerprint density at radius 1 is 1.03 bits per heavy atom. The minimum Gasteiger partial charge on any atom is -0.356 e. The van der Waals surface area contributed by atoms with Gasteiger partial charge in [-0.1, -0.05) is 47.5 Å². The molecular weight excluding hydrogens is 372 g/mol. The molecule has 0 aliphatic carbocycles. The minimum absolute atomic E-state index is 0.0581. The molecule has 2 heterocycles. The van der Waals surface area contributed by atoms with Crippen molar-refractivity contribution in [2.75, 3.05) is 23.3 Å². The molecule has 0 saturated carbocycles. The van der Waals surface area contributed by atoms with Crippen molar-refractivity contribution in [1.29, 1.82) is 0 Å². The van der Waals surface area contributed by atoms with Crippen LogP contribution in [0.5, 0.6) is 0 Å². The van der Waals surface area contributed by atoms with Gasteiger partial charge in [-0.15, -0.1) is 0 Å². The third-order valence-electron chi connectivity index (χ3n) is 5.71. The number of nitrogens with zero attached hydrogens (tertiary/aromatic N) is 3. The smallest absolute Gasteiger partial charge is 0.229 e. The first-order chi connectivity index (χ1) is 14.5. The number of amides is 1. The highest BCUT2D eigenvalue weighted by Crippen LogP contribution is 2.25. The molecule has 1 aromatic heterocycles. The SMILES string of the molecule is Cc1ccc(-c2nccc(N3CCC[C@@H](C(=O)Nc4ccc(C)cc4C)C3)n2)cc1. The van der Waals surface area contributed by atoms with Gasteiger partial charge in [0.2, 0.25) is 5.91 Å². The van der Waals surface area contributed by atoms with E-state index in [1.807, 2.05) is 37.3 Å². The van der Waals surface area contributed by atoms with E-state index < -0.39 is 0 Å². The van der Waals surface area contributed by atoms with E-state index in [9.17, 15) is 4.79 Å². The maximum atomic E-state index is 12.9. The zero-order chi connectivity index (χ0) is 21.1. The van der Waals surface area contributed by atoms with Crippen LogP contribution in [-0.2, 0) is 4.79 Å². The first-order valence-electron chi connectivity index (χ1n) is 10.5. The molecule has 5 heteroatoms. The number of rotatable bonds is 4. The molecule has 0 bridgehead atoms. The van der Waals surface area contributed by atoms with Gasteiger partial charge in [-0.05, 0) is 51.3 Å². The summed E-state index contributed by atoms with van der Waals surface area (Å²) in [6.07, 6.45) is 3.66. The summed E-state index contributed by atoms with van der Waals surface area (Å²) in [6.45, 7) is 7.73. The average Bonchev–Trinajstić information content (AvgIpc) is 2.76. The Labute approximate surface area is 178 Å². The molecule has 1 aliphatic rings. The molecule has 154 valence electrons. The molecule has 1 N–H and O–H groups in total. The number of piperidine rings is 1. The molecule has 1 saturated heterocycles. The van der Waals surface area contributed by atoms with E-state index in [0.29, 0.717) is 12.4 Å². The van der Waals surface area contributed by atoms with Crippen LogP contribution < -0.4 is 10.2 Å². The van der Waals surface area contributed by atoms with Gasteiger partial charge in [-0.3, -0.25) is 4.79 Å². The number of aryl methyl sites for hydroxylation is 3. The van der Waals surface area contributed by atoms with Gasteiger partial charge in [0.1, 0.15) is 5.82 Å². The predicted molar refractivity (Wildman–Crippen MR) is 122 cm³/mol. The monoisotopic (exact) mass is 400 g/mol. The second-order valence-electron chi connectivity index (χ2n) is 8.20. The van der Waals surface area contributed by atoms with Gasteiger partial charge in [-0.25, -0.2) is 9.97 Å². The molecule has 1 amide bonds. The Balaban J connectivity index is 1.48. The zero-order valence-corrected chi connectivity index (χ0v) is 17.9. The van der Waals surface area contributed by atoms with E-state index in [2.05, 4.69) is 47.2 Å². The van der Waals surface area contributed by atoms with Crippen molar-refractivity contribution in [2.45, 2.75) is 33.6 Å². The van der Waals surface area contributed by atoms with E-state index in [1.54, 1.807) is 6.20 Å². The molecule has 1 fully saturated rings. The summed E-state index contributed by atoms with van der Waals surface area (Å²) in [6, 6.07) is 16.3. The lowest BCUT2D eigenvalue weighted by Gasteiger charge is -2.33. The number of nitrogens with one attached hydrogen (secondary N) is 1. The van der Waals surface area contributed by atoms with E-state index in [4.69, 9.17) is 4.98 Å². The number of anilines is 2. The van der Waals surface area contributed by atoms with Crippen molar-refractivity contribution in [3.63, 3.8) is 0 Å². The standard InChI is InChI=1S/C25H28N4O/c1-17-6-9-20(10-7-17)24-26-13-12-23(28-24)29-14-4-5-21(16-29)25(30)27-22-11-8-18(2)15-19(22)3/h6-13,15,21H,4-5,14,16H2,1-3H3,(H,27,30)/t21-/m1/s1. The molecule has 30 heavy (non-hydrogen) atoms. The Hall–Kier alpha value is -3.21. The van der Waals surface area contributed by atoms with Crippen molar-refractivity contribution in [3.05, 3.63) is 71.4 Å². The molecule has 1 atom stereocenters. The number of carbonyl (C=O) groups excluding carboxylic acids is 1. The summed E-state index contributed by atoms with van der Waals surface area (Å²) in [5.74, 6) is 1.62. The summed E-state index contributed by atoms with van der Waals surface area (Å²) in [5.41, 5.74) is 5.40. The molecule has 4 rings (SSSR count). The van der Waals surface area contributed by atoms with Crippen molar-refractivity contribution in [1.82, 2.24) is 9.97 Å². The average molecular weight is 401 g/mol. The quantitative estimate of drug-likeness (QED) is 0.675. The van der Waals surface area contributed by atoms with Crippen LogP contribution in [0, 0.1) is 26.7 Å². The third kappa shape index (κ3) is 4.51. The van der Waals surface area contributed by atoms with Gasteiger partial charge in [0.25, 0.3) is 0 Å². The number of benzene rings is 2. The zero-order valence-electron chi connectivity index (χ0n) is 17.9. The highest BCUT2D eigenvalue weighted by molar-refractivity contribution is 5.93. The van der Waals surface area contributed by atoms with Crippen molar-refractivity contribution >= 4 is 17.4 Å². The molecule has 5 nitrogen and oxygen atoms in total. The number of aromatic nitrogens is 2. The normalized spacial score (nSPS) is 16.4. The van der Waals surface area contributed by atoms with Crippen molar-refractivity contribution in [2.24, 2.45) is 5.92 Å². The van der Waals surface area contributed by atoms with Crippen LogP contribution in [0.4, 0.5) is 11.5 Å². The number of carbonyl (C=O) groups is 1. The second-order valence-corrected chi connectivity index (χ2v) is 8.20. The van der Waals surface area contributed by atoms with Crippen LogP contribution in [0.3, 0.4) is 0 Å². The van der Waals surface area contributed by atoms with E-state index in [1.165, 1.54) is 11.1 Å². The minimum atomic E-state index is -0.0581. The highest BCUT2D eigenvalue weighted by Gasteiger charge is 2.27. The van der Waals surface area contributed by atoms with E-state index in [-0.39, 0.29) is 11.8 Å². The number of hydrogen-bond donors (Lipinski definition) is 1. The fourth-order valence-corrected chi connectivity index (χ4v) is 3.95. The Bertz CT molecular complexity index is 1050. The molecular formula is C25H28N4O. The van der Waals surface area contributed by atoms with Gasteiger partial charge < -0.3 is 10.2 Å². The molecule has 0 spiro atoms. The highest BCUT2D eigenvalue weighted by atomic mass is 16.1. The third-order valence-corrected chi connectivity index (χ3v) is 5.71. The van der Waals surface area contributed by atoms with Crippen molar-refractivity contribution in [3.8, 4) is 11.4 Å². The van der Waals surface area contributed by atoms with E-state index in [0.717, 1.165) is 42.0 Å². The van der Waals surface area contributed by atoms with Crippen LogP contribution in [0.15, 0.2) is 54.7 Å². The van der Waals surface area contributed by atoms with Gasteiger partial charge in [-0.2, -0.15) is 0 Å². The van der Waals surface area contributed by atoms with Gasteiger partial charge in [0.15, 0.2) is 5.82 Å². The Kier molecular flexibility index (Phi) is 5.79. The second kappa shape index (κ2) is 8.66. The topological polar surface area (TPSA) is 58.1 Å². The summed E-state index contributed by atoms with van der Waals surface area (Å²) in [7, 11) is 0.